The van der Waals surface area contributed by atoms with Crippen molar-refractivity contribution in [2.45, 2.75) is 6.54 Å². The zero-order chi connectivity index (χ0) is 9.14. The van der Waals surface area contributed by atoms with Gasteiger partial charge in [-0.1, -0.05) is 6.07 Å². The van der Waals surface area contributed by atoms with Gasteiger partial charge in [0.15, 0.2) is 0 Å². The summed E-state index contributed by atoms with van der Waals surface area (Å²) in [6, 6.07) is 5.60. The number of benzene rings is 1. The maximum atomic E-state index is 5.72. The third-order valence-corrected chi connectivity index (χ3v) is 1.71. The Morgan fingerprint density at radius 2 is 2.08 bits per heavy atom. The molecule has 1 aromatic carbocycles. The topological polar surface area (TPSA) is 81.3 Å². The molecular weight excluding hydrogens is 152 g/mol. The van der Waals surface area contributed by atoms with Crippen molar-refractivity contribution in [1.29, 1.82) is 0 Å². The van der Waals surface area contributed by atoms with E-state index >= 15 is 0 Å². The van der Waals surface area contributed by atoms with E-state index in [1.165, 1.54) is 5.01 Å². The first-order valence-corrected chi connectivity index (χ1v) is 3.72. The van der Waals surface area contributed by atoms with Gasteiger partial charge in [-0.3, -0.25) is 0 Å². The molecule has 0 saturated heterocycles. The summed E-state index contributed by atoms with van der Waals surface area (Å²) >= 11 is 0. The summed E-state index contributed by atoms with van der Waals surface area (Å²) < 4.78 is 0. The fourth-order valence-electron chi connectivity index (χ4n) is 1.05. The Bertz CT molecular complexity index is 270. The van der Waals surface area contributed by atoms with E-state index in [-0.39, 0.29) is 0 Å². The van der Waals surface area contributed by atoms with Crippen molar-refractivity contribution in [2.24, 2.45) is 11.6 Å². The minimum atomic E-state index is 0.499. The fourth-order valence-corrected chi connectivity index (χ4v) is 1.05. The van der Waals surface area contributed by atoms with E-state index in [0.29, 0.717) is 12.2 Å². The summed E-state index contributed by atoms with van der Waals surface area (Å²) in [5.41, 5.74) is 13.6. The van der Waals surface area contributed by atoms with Gasteiger partial charge in [-0.15, -0.1) is 0 Å². The summed E-state index contributed by atoms with van der Waals surface area (Å²) in [5, 5.41) is 1.48. The van der Waals surface area contributed by atoms with E-state index in [1.807, 2.05) is 18.2 Å². The zero-order valence-electron chi connectivity index (χ0n) is 7.12. The molecule has 6 N–H and O–H groups in total. The van der Waals surface area contributed by atoms with Crippen LogP contribution in [-0.4, -0.2) is 7.05 Å². The standard InChI is InChI=1S/C8H14N4/c1-12(11)8-3-2-6(5-9)4-7(8)10/h2-4H,5,9-11H2,1H3. The minimum Gasteiger partial charge on any atom is -0.397 e. The highest BCUT2D eigenvalue weighted by Crippen LogP contribution is 2.20. The second kappa shape index (κ2) is 3.42. The smallest absolute Gasteiger partial charge is 0.0743 e. The second-order valence-electron chi connectivity index (χ2n) is 2.71. The van der Waals surface area contributed by atoms with Crippen LogP contribution in [0.1, 0.15) is 5.56 Å². The number of nitrogen functional groups attached to an aromatic ring is 1. The van der Waals surface area contributed by atoms with Gasteiger partial charge >= 0.3 is 0 Å². The Labute approximate surface area is 71.9 Å². The first-order valence-electron chi connectivity index (χ1n) is 3.72. The van der Waals surface area contributed by atoms with Gasteiger partial charge in [0.2, 0.25) is 0 Å². The van der Waals surface area contributed by atoms with Crippen LogP contribution < -0.4 is 22.3 Å². The molecule has 4 heteroatoms. The molecule has 0 heterocycles. The lowest BCUT2D eigenvalue weighted by Crippen LogP contribution is -2.26. The molecule has 0 bridgehead atoms. The summed E-state index contributed by atoms with van der Waals surface area (Å²) in [4.78, 5) is 0. The van der Waals surface area contributed by atoms with Crippen LogP contribution in [0.15, 0.2) is 18.2 Å². The van der Waals surface area contributed by atoms with Gasteiger partial charge in [0.1, 0.15) is 0 Å². The summed E-state index contributed by atoms with van der Waals surface area (Å²) in [6.07, 6.45) is 0. The van der Waals surface area contributed by atoms with E-state index in [1.54, 1.807) is 7.05 Å². The third kappa shape index (κ3) is 1.66. The van der Waals surface area contributed by atoms with Crippen molar-refractivity contribution in [2.75, 3.05) is 17.8 Å². The predicted molar refractivity (Wildman–Crippen MR) is 51.3 cm³/mol. The number of rotatable bonds is 2. The largest absolute Gasteiger partial charge is 0.397 e. The monoisotopic (exact) mass is 166 g/mol. The van der Waals surface area contributed by atoms with Crippen LogP contribution in [0.5, 0.6) is 0 Å². The number of hydrazine groups is 1. The summed E-state index contributed by atoms with van der Waals surface area (Å²) in [5.74, 6) is 5.53. The number of hydrogen-bond donors (Lipinski definition) is 3. The van der Waals surface area contributed by atoms with Crippen molar-refractivity contribution < 1.29 is 0 Å². The number of nitrogens with zero attached hydrogens (tertiary/aromatic N) is 1. The van der Waals surface area contributed by atoms with Gasteiger partial charge in [0.05, 0.1) is 11.4 Å². The Morgan fingerprint density at radius 3 is 2.50 bits per heavy atom. The number of anilines is 2. The molecule has 0 aliphatic carbocycles. The predicted octanol–water partition coefficient (Wildman–Crippen LogP) is 0.0374. The second-order valence-corrected chi connectivity index (χ2v) is 2.71. The molecule has 0 aromatic heterocycles. The molecule has 0 radical (unpaired) electrons. The Hall–Kier alpha value is -1.26. The molecule has 1 rings (SSSR count). The Morgan fingerprint density at radius 1 is 1.42 bits per heavy atom. The van der Waals surface area contributed by atoms with Gasteiger partial charge in [0, 0.05) is 13.6 Å². The zero-order valence-corrected chi connectivity index (χ0v) is 7.12. The molecule has 0 aliphatic rings. The fraction of sp³-hybridized carbons (Fsp3) is 0.250. The Balaban J connectivity index is 3.03. The Kier molecular flexibility index (Phi) is 2.52. The van der Waals surface area contributed by atoms with Crippen LogP contribution in [0.25, 0.3) is 0 Å². The SMILES string of the molecule is CN(N)c1ccc(CN)cc1N. The normalized spacial score (nSPS) is 9.92. The van der Waals surface area contributed by atoms with Crippen molar-refractivity contribution >= 4 is 11.4 Å². The minimum absolute atomic E-state index is 0.499. The summed E-state index contributed by atoms with van der Waals surface area (Å²) in [7, 11) is 1.74. The molecule has 4 nitrogen and oxygen atoms in total. The van der Waals surface area contributed by atoms with Gasteiger partial charge < -0.3 is 16.5 Å². The number of nitrogens with two attached hydrogens (primary N) is 3. The first-order chi connectivity index (χ1) is 5.65. The van der Waals surface area contributed by atoms with Gasteiger partial charge in [0.25, 0.3) is 0 Å². The molecule has 1 aromatic rings. The maximum absolute atomic E-state index is 5.72. The molecule has 0 aliphatic heterocycles. The third-order valence-electron chi connectivity index (χ3n) is 1.71. The molecule has 0 amide bonds. The average molecular weight is 166 g/mol. The summed E-state index contributed by atoms with van der Waals surface area (Å²) in [6.45, 7) is 0.499. The van der Waals surface area contributed by atoms with Crippen LogP contribution >= 0.6 is 0 Å². The van der Waals surface area contributed by atoms with Gasteiger partial charge in [-0.25, -0.2) is 5.84 Å². The van der Waals surface area contributed by atoms with Crippen molar-refractivity contribution in [1.82, 2.24) is 0 Å². The van der Waals surface area contributed by atoms with Crippen LogP contribution in [0.3, 0.4) is 0 Å². The van der Waals surface area contributed by atoms with E-state index < -0.39 is 0 Å². The lowest BCUT2D eigenvalue weighted by Gasteiger charge is -2.14. The van der Waals surface area contributed by atoms with Crippen LogP contribution in [0.2, 0.25) is 0 Å². The first kappa shape index (κ1) is 8.83. The van der Waals surface area contributed by atoms with Gasteiger partial charge in [-0.2, -0.15) is 0 Å². The van der Waals surface area contributed by atoms with Crippen LogP contribution in [0.4, 0.5) is 11.4 Å². The lowest BCUT2D eigenvalue weighted by atomic mass is 10.2. The average Bonchev–Trinajstić information content (AvgIpc) is 2.03. The van der Waals surface area contributed by atoms with Gasteiger partial charge in [-0.05, 0) is 17.7 Å². The van der Waals surface area contributed by atoms with E-state index in [0.717, 1.165) is 11.3 Å². The molecule has 0 spiro atoms. The number of hydrogen-bond acceptors (Lipinski definition) is 4. The highest BCUT2D eigenvalue weighted by molar-refractivity contribution is 5.67. The van der Waals surface area contributed by atoms with E-state index in [4.69, 9.17) is 17.3 Å². The lowest BCUT2D eigenvalue weighted by molar-refractivity contribution is 1.01. The van der Waals surface area contributed by atoms with Crippen LogP contribution in [0, 0.1) is 0 Å². The highest BCUT2D eigenvalue weighted by Gasteiger charge is 2.01. The molecule has 0 fully saturated rings. The van der Waals surface area contributed by atoms with Crippen molar-refractivity contribution in [3.05, 3.63) is 23.8 Å². The highest BCUT2D eigenvalue weighted by atomic mass is 15.4. The molecule has 0 atom stereocenters. The molecule has 66 valence electrons. The molecule has 0 saturated carbocycles. The molecule has 0 unspecified atom stereocenters. The molecule has 12 heavy (non-hydrogen) atoms. The van der Waals surface area contributed by atoms with E-state index in [9.17, 15) is 0 Å². The quantitative estimate of drug-likeness (QED) is 0.329. The van der Waals surface area contributed by atoms with Crippen molar-refractivity contribution in [3.63, 3.8) is 0 Å². The van der Waals surface area contributed by atoms with Crippen LogP contribution in [-0.2, 0) is 6.54 Å². The van der Waals surface area contributed by atoms with E-state index in [2.05, 4.69) is 0 Å². The van der Waals surface area contributed by atoms with Crippen molar-refractivity contribution in [3.8, 4) is 0 Å². The maximum Gasteiger partial charge on any atom is 0.0743 e. The molecular formula is C8H14N4.